The highest BCUT2D eigenvalue weighted by Crippen LogP contribution is 2.33. The molecule has 0 aliphatic heterocycles. The normalized spacial score (nSPS) is 14.9. The van der Waals surface area contributed by atoms with Gasteiger partial charge in [0.15, 0.2) is 0 Å². The van der Waals surface area contributed by atoms with Crippen LogP contribution in [0.5, 0.6) is 0 Å². The van der Waals surface area contributed by atoms with Crippen molar-refractivity contribution in [1.29, 1.82) is 0 Å². The largest absolute Gasteiger partial charge is 0.367 e. The van der Waals surface area contributed by atoms with E-state index in [9.17, 15) is 8.42 Å². The Hall–Kier alpha value is -3.32. The number of imidazole rings is 1. The monoisotopic (exact) mass is 460 g/mol. The summed E-state index contributed by atoms with van der Waals surface area (Å²) in [6, 6.07) is 23.0. The molecule has 170 valence electrons. The molecule has 1 aliphatic carbocycles. The molecule has 0 bridgehead atoms. The summed E-state index contributed by atoms with van der Waals surface area (Å²) in [4.78, 5) is 4.88. The Bertz CT molecular complexity index is 1340. The second-order valence-electron chi connectivity index (χ2n) is 8.64. The van der Waals surface area contributed by atoms with Crippen LogP contribution in [0.3, 0.4) is 0 Å². The van der Waals surface area contributed by atoms with E-state index in [0.717, 1.165) is 41.1 Å². The molecule has 4 aromatic rings. The summed E-state index contributed by atoms with van der Waals surface area (Å²) in [6.45, 7) is 0. The molecular weight excluding hydrogens is 432 g/mol. The van der Waals surface area contributed by atoms with Gasteiger partial charge in [-0.1, -0.05) is 67.8 Å². The van der Waals surface area contributed by atoms with Gasteiger partial charge in [-0.3, -0.25) is 9.12 Å². The van der Waals surface area contributed by atoms with Gasteiger partial charge in [-0.15, -0.1) is 0 Å². The molecule has 0 atom stereocenters. The highest BCUT2D eigenvalue weighted by Gasteiger charge is 2.20. The lowest BCUT2D eigenvalue weighted by Gasteiger charge is -2.24. The van der Waals surface area contributed by atoms with Crippen LogP contribution in [0, 0.1) is 0 Å². The topological polar surface area (TPSA) is 75.5 Å². The van der Waals surface area contributed by atoms with E-state index in [1.54, 1.807) is 6.07 Å². The van der Waals surface area contributed by atoms with Gasteiger partial charge in [0.1, 0.15) is 17.2 Å². The second-order valence-corrected chi connectivity index (χ2v) is 10.4. The molecule has 2 aromatic heterocycles. The summed E-state index contributed by atoms with van der Waals surface area (Å²) in [6.07, 6.45) is 8.09. The molecule has 0 saturated heterocycles. The Morgan fingerprint density at radius 2 is 1.70 bits per heavy atom. The molecule has 2 N–H and O–H groups in total. The van der Waals surface area contributed by atoms with E-state index >= 15 is 0 Å². The van der Waals surface area contributed by atoms with E-state index in [-0.39, 0.29) is 5.75 Å². The number of sulfonamides is 1. The number of nitrogens with zero attached hydrogens (tertiary/aromatic N) is 2. The number of rotatable bonds is 7. The molecule has 2 aromatic carbocycles. The average Bonchev–Trinajstić information content (AvgIpc) is 3.18. The molecule has 1 aliphatic rings. The number of anilines is 2. The minimum Gasteiger partial charge on any atom is -0.367 e. The molecule has 6 nitrogen and oxygen atoms in total. The molecule has 5 rings (SSSR count). The summed E-state index contributed by atoms with van der Waals surface area (Å²) in [5.74, 6) is 0.891. The van der Waals surface area contributed by atoms with Gasteiger partial charge in [0.2, 0.25) is 10.0 Å². The molecular formula is C26H28N4O2S. The van der Waals surface area contributed by atoms with Gasteiger partial charge in [-0.25, -0.2) is 13.4 Å². The molecule has 2 heterocycles. The molecule has 7 heteroatoms. The average molecular weight is 461 g/mol. The van der Waals surface area contributed by atoms with Crippen molar-refractivity contribution in [2.75, 3.05) is 10.0 Å². The maximum atomic E-state index is 12.7. The molecule has 1 saturated carbocycles. The standard InChI is InChI=1S/C26H28N4O2S/c31-33(32,19-20-10-3-1-4-11-20)29-23-15-9-12-21(18-23)25-26(27-22-13-5-2-6-14-22)30-17-8-7-16-24(30)28-25/h1,3-4,7-12,15-18,22,27,29H,2,5-6,13-14,19H2. The lowest BCUT2D eigenvalue weighted by Crippen LogP contribution is -2.23. The SMILES string of the molecule is O=S(=O)(Cc1ccccc1)Nc1cccc(-c2nc3ccccn3c2NC2CCCCC2)c1. The number of benzene rings is 2. The van der Waals surface area contributed by atoms with Crippen molar-refractivity contribution < 1.29 is 8.42 Å². The first kappa shape index (κ1) is 21.5. The fourth-order valence-electron chi connectivity index (χ4n) is 4.51. The molecule has 0 radical (unpaired) electrons. The maximum absolute atomic E-state index is 12.7. The molecule has 33 heavy (non-hydrogen) atoms. The number of aromatic nitrogens is 2. The lowest BCUT2D eigenvalue weighted by atomic mass is 9.95. The number of hydrogen-bond acceptors (Lipinski definition) is 4. The van der Waals surface area contributed by atoms with E-state index in [2.05, 4.69) is 14.4 Å². The zero-order chi connectivity index (χ0) is 22.7. The number of nitrogens with one attached hydrogen (secondary N) is 2. The highest BCUT2D eigenvalue weighted by atomic mass is 32.2. The summed E-state index contributed by atoms with van der Waals surface area (Å²) < 4.78 is 30.3. The van der Waals surface area contributed by atoms with Crippen LogP contribution in [0.2, 0.25) is 0 Å². The first-order valence-corrected chi connectivity index (χ1v) is 13.1. The second kappa shape index (κ2) is 9.27. The van der Waals surface area contributed by atoms with Gasteiger partial charge >= 0.3 is 0 Å². The molecule has 0 amide bonds. The fraction of sp³-hybridized carbons (Fsp3) is 0.269. The Kier molecular flexibility index (Phi) is 6.05. The van der Waals surface area contributed by atoms with Crippen LogP contribution in [0.15, 0.2) is 79.0 Å². The lowest BCUT2D eigenvalue weighted by molar-refractivity contribution is 0.462. The van der Waals surface area contributed by atoms with Crippen LogP contribution in [0.25, 0.3) is 16.9 Å². The van der Waals surface area contributed by atoms with Crippen LogP contribution < -0.4 is 10.0 Å². The smallest absolute Gasteiger partial charge is 0.236 e. The Balaban J connectivity index is 1.45. The summed E-state index contributed by atoms with van der Waals surface area (Å²) >= 11 is 0. The van der Waals surface area contributed by atoms with Crippen LogP contribution in [0.1, 0.15) is 37.7 Å². The van der Waals surface area contributed by atoms with E-state index in [4.69, 9.17) is 4.98 Å². The van der Waals surface area contributed by atoms with E-state index in [0.29, 0.717) is 11.7 Å². The fourth-order valence-corrected chi connectivity index (χ4v) is 5.70. The third-order valence-corrected chi connectivity index (χ3v) is 7.34. The van der Waals surface area contributed by atoms with Gasteiger partial charge < -0.3 is 5.32 Å². The zero-order valence-corrected chi connectivity index (χ0v) is 19.3. The maximum Gasteiger partial charge on any atom is 0.236 e. The summed E-state index contributed by atoms with van der Waals surface area (Å²) in [5, 5.41) is 3.73. The molecule has 0 unspecified atom stereocenters. The number of hydrogen-bond donors (Lipinski definition) is 2. The van der Waals surface area contributed by atoms with Crippen molar-refractivity contribution in [3.8, 4) is 11.3 Å². The quantitative estimate of drug-likeness (QED) is 0.372. The Morgan fingerprint density at radius 1 is 0.909 bits per heavy atom. The Labute approximate surface area is 194 Å². The predicted octanol–water partition coefficient (Wildman–Crippen LogP) is 5.69. The van der Waals surface area contributed by atoms with Crippen molar-refractivity contribution in [2.24, 2.45) is 0 Å². The zero-order valence-electron chi connectivity index (χ0n) is 18.4. The van der Waals surface area contributed by atoms with Gasteiger partial charge in [0.25, 0.3) is 0 Å². The van der Waals surface area contributed by atoms with E-state index in [1.165, 1.54) is 19.3 Å². The highest BCUT2D eigenvalue weighted by molar-refractivity contribution is 7.91. The summed E-state index contributed by atoms with van der Waals surface area (Å²) in [5.41, 5.74) is 3.85. The molecule has 0 spiro atoms. The third-order valence-electron chi connectivity index (χ3n) is 6.08. The first-order chi connectivity index (χ1) is 16.1. The van der Waals surface area contributed by atoms with Crippen molar-refractivity contribution in [3.63, 3.8) is 0 Å². The van der Waals surface area contributed by atoms with Gasteiger partial charge in [-0.2, -0.15) is 0 Å². The predicted molar refractivity (Wildman–Crippen MR) is 134 cm³/mol. The Morgan fingerprint density at radius 3 is 2.52 bits per heavy atom. The van der Waals surface area contributed by atoms with Crippen LogP contribution >= 0.6 is 0 Å². The summed E-state index contributed by atoms with van der Waals surface area (Å²) in [7, 11) is -3.54. The minimum atomic E-state index is -3.54. The van der Waals surface area contributed by atoms with E-state index < -0.39 is 10.0 Å². The van der Waals surface area contributed by atoms with Crippen LogP contribution in [0.4, 0.5) is 11.5 Å². The first-order valence-electron chi connectivity index (χ1n) is 11.5. The van der Waals surface area contributed by atoms with Gasteiger partial charge in [0.05, 0.1) is 5.75 Å². The minimum absolute atomic E-state index is 0.0685. The van der Waals surface area contributed by atoms with Crippen molar-refractivity contribution in [1.82, 2.24) is 9.38 Å². The third kappa shape index (κ3) is 5.03. The molecule has 1 fully saturated rings. The van der Waals surface area contributed by atoms with Crippen LogP contribution in [-0.2, 0) is 15.8 Å². The van der Waals surface area contributed by atoms with E-state index in [1.807, 2.05) is 72.9 Å². The number of fused-ring (bicyclic) bond motifs is 1. The van der Waals surface area contributed by atoms with Crippen molar-refractivity contribution >= 4 is 27.2 Å². The van der Waals surface area contributed by atoms with Gasteiger partial charge in [0, 0.05) is 23.5 Å². The number of pyridine rings is 1. The van der Waals surface area contributed by atoms with Crippen LogP contribution in [-0.4, -0.2) is 23.8 Å². The van der Waals surface area contributed by atoms with Crippen molar-refractivity contribution in [3.05, 3.63) is 84.6 Å². The van der Waals surface area contributed by atoms with Crippen molar-refractivity contribution in [2.45, 2.75) is 43.9 Å². The van der Waals surface area contributed by atoms with Gasteiger partial charge in [-0.05, 0) is 42.7 Å².